The molecule has 0 unspecified atom stereocenters. The molecule has 0 saturated heterocycles. The number of fused-ring (bicyclic) bond motifs is 8. The number of rotatable bonds is 32. The Labute approximate surface area is 504 Å². The molecule has 0 aromatic heterocycles. The van der Waals surface area contributed by atoms with E-state index in [2.05, 4.69) is 76.2 Å². The molecule has 12 heteroatoms. The summed E-state index contributed by atoms with van der Waals surface area (Å²) >= 11 is 0. The number of hydrogen-bond acceptors (Lipinski definition) is 8. The number of likely N-dealkylation sites (N-methyl/N-ethyl adjacent to an activating group) is 4. The number of carbonyl (C=O) groups is 4. The molecule has 0 aliphatic heterocycles. The van der Waals surface area contributed by atoms with E-state index in [4.69, 9.17) is 18.9 Å². The van der Waals surface area contributed by atoms with E-state index in [1.54, 1.807) is 24.3 Å². The fourth-order valence-corrected chi connectivity index (χ4v) is 10.6. The maximum absolute atomic E-state index is 13.7. The van der Waals surface area contributed by atoms with Gasteiger partial charge in [0.15, 0.2) is 0 Å². The van der Waals surface area contributed by atoms with Gasteiger partial charge in [-0.05, 0) is 221 Å². The summed E-state index contributed by atoms with van der Waals surface area (Å²) in [5.74, 6) is 2.76. The van der Waals surface area contributed by atoms with Crippen molar-refractivity contribution in [3.8, 4) is 23.0 Å². The molecule has 8 bridgehead atoms. The zero-order valence-electron chi connectivity index (χ0n) is 53.3. The minimum atomic E-state index is -0.0683. The minimum absolute atomic E-state index is 0.0683. The predicted molar refractivity (Wildman–Crippen MR) is 346 cm³/mol. The van der Waals surface area contributed by atoms with Crippen LogP contribution in [0.4, 0.5) is 0 Å². The number of hydrogen-bond donors (Lipinski definition) is 0. The maximum Gasteiger partial charge on any atom is 0.246 e. The van der Waals surface area contributed by atoms with E-state index in [0.717, 1.165) is 141 Å². The van der Waals surface area contributed by atoms with Crippen molar-refractivity contribution in [2.45, 2.75) is 160 Å². The lowest BCUT2D eigenvalue weighted by Gasteiger charge is -2.24. The largest absolute Gasteiger partial charge is 0.493 e. The number of unbranched alkanes of at least 4 members (excludes halogenated alkanes) is 4. The SMILES string of the molecule is CCCCOc1c2cc(/C=C/C(=O)N(CC)CC)cc1Cc1cc(/C=C/C(=O)N(CC)CC)cc(c1OCCCC)Cc1cc(/C=C/C(=O)N(CC)CC)cc(c1OCCCC)Cc1cc(/C=C/C(=O)N(CC)CC)cc(c1OCCCC)C2. The van der Waals surface area contributed by atoms with Gasteiger partial charge in [0.25, 0.3) is 0 Å². The van der Waals surface area contributed by atoms with E-state index in [1.165, 1.54) is 0 Å². The average molecular weight is 1150 g/mol. The monoisotopic (exact) mass is 1150 g/mol. The van der Waals surface area contributed by atoms with Crippen LogP contribution in [0.5, 0.6) is 23.0 Å². The van der Waals surface area contributed by atoms with Crippen molar-refractivity contribution in [3.05, 3.63) is 140 Å². The minimum Gasteiger partial charge on any atom is -0.493 e. The highest BCUT2D eigenvalue weighted by Crippen LogP contribution is 2.42. The molecule has 84 heavy (non-hydrogen) atoms. The summed E-state index contributed by atoms with van der Waals surface area (Å²) in [5.41, 5.74) is 10.7. The first kappa shape index (κ1) is 67.7. The van der Waals surface area contributed by atoms with Crippen LogP contribution in [0.3, 0.4) is 0 Å². The lowest BCUT2D eigenvalue weighted by Crippen LogP contribution is -2.28. The van der Waals surface area contributed by atoms with Gasteiger partial charge >= 0.3 is 0 Å². The van der Waals surface area contributed by atoms with E-state index in [1.807, 2.05) is 99.3 Å². The van der Waals surface area contributed by atoms with E-state index in [9.17, 15) is 19.2 Å². The second kappa shape index (κ2) is 35.9. The maximum atomic E-state index is 13.7. The molecular weight excluding hydrogens is 1050 g/mol. The van der Waals surface area contributed by atoms with Crippen LogP contribution in [0.2, 0.25) is 0 Å². The highest BCUT2D eigenvalue weighted by atomic mass is 16.5. The Morgan fingerprint density at radius 2 is 0.476 bits per heavy atom. The van der Waals surface area contributed by atoms with E-state index < -0.39 is 0 Å². The van der Waals surface area contributed by atoms with E-state index >= 15 is 0 Å². The van der Waals surface area contributed by atoms with E-state index in [0.29, 0.717) is 104 Å². The second-order valence-electron chi connectivity index (χ2n) is 21.6. The van der Waals surface area contributed by atoms with Crippen LogP contribution in [0.1, 0.15) is 201 Å². The molecule has 0 radical (unpaired) electrons. The van der Waals surface area contributed by atoms with Gasteiger partial charge in [-0.15, -0.1) is 0 Å². The van der Waals surface area contributed by atoms with Crippen LogP contribution in [-0.2, 0) is 44.9 Å². The zero-order chi connectivity index (χ0) is 61.0. The molecule has 1 aliphatic rings. The summed E-state index contributed by atoms with van der Waals surface area (Å²) in [7, 11) is 0. The Morgan fingerprint density at radius 1 is 0.310 bits per heavy atom. The molecule has 0 N–H and O–H groups in total. The van der Waals surface area contributed by atoms with Crippen molar-refractivity contribution < 1.29 is 38.1 Å². The van der Waals surface area contributed by atoms with Gasteiger partial charge in [0, 0.05) is 102 Å². The molecule has 0 saturated carbocycles. The molecule has 4 amide bonds. The standard InChI is InChI=1S/C72H100N4O8/c1-13-25-37-81-69-57-41-53(29-33-65(77)73(17-5)18-6)42-58(69)50-60-44-55(31-35-67(79)75(21-9)22-10)46-62(71(60)83-39-27-15-3)52-64-48-56(32-36-68(80)76(23-11)24-12)47-63(72(64)84-40-28-16-4)51-61-45-54(30-34-66(78)74(19-7)20-8)43-59(49-57)70(61)82-38-26-14-2/h29-36,41-48H,13-28,37-40,49-52H2,1-12H3/b33-29+,34-30+,35-31+,36-32+. The van der Waals surface area contributed by atoms with Gasteiger partial charge in [0.2, 0.25) is 23.6 Å². The molecule has 0 heterocycles. The van der Waals surface area contributed by atoms with Crippen molar-refractivity contribution in [2.75, 3.05) is 78.8 Å². The summed E-state index contributed by atoms with van der Waals surface area (Å²) in [4.78, 5) is 62.2. The molecule has 0 fully saturated rings. The van der Waals surface area contributed by atoms with Crippen LogP contribution in [0.15, 0.2) is 72.8 Å². The quantitative estimate of drug-likeness (QED) is 0.0309. The molecule has 1 aliphatic carbocycles. The zero-order valence-corrected chi connectivity index (χ0v) is 53.3. The summed E-state index contributed by atoms with van der Waals surface area (Å²) < 4.78 is 28.3. The van der Waals surface area contributed by atoms with Gasteiger partial charge in [0.1, 0.15) is 23.0 Å². The summed E-state index contributed by atoms with van der Waals surface area (Å²) in [5, 5.41) is 0. The molecule has 4 aromatic carbocycles. The van der Waals surface area contributed by atoms with Crippen molar-refractivity contribution >= 4 is 47.9 Å². The fourth-order valence-electron chi connectivity index (χ4n) is 10.6. The Kier molecular flexibility index (Phi) is 29.0. The fraction of sp³-hybridized carbons (Fsp3) is 0.500. The topological polar surface area (TPSA) is 118 Å². The Bertz CT molecular complexity index is 2420. The van der Waals surface area contributed by atoms with Gasteiger partial charge in [-0.3, -0.25) is 19.2 Å². The van der Waals surface area contributed by atoms with Crippen molar-refractivity contribution in [1.29, 1.82) is 0 Å². The number of carbonyl (C=O) groups excluding carboxylic acids is 4. The first-order valence-corrected chi connectivity index (χ1v) is 31.8. The molecule has 4 aromatic rings. The van der Waals surface area contributed by atoms with Gasteiger partial charge in [-0.2, -0.15) is 0 Å². The smallest absolute Gasteiger partial charge is 0.246 e. The first-order chi connectivity index (χ1) is 40.8. The number of amides is 4. The van der Waals surface area contributed by atoms with Gasteiger partial charge in [-0.25, -0.2) is 0 Å². The molecule has 456 valence electrons. The van der Waals surface area contributed by atoms with Gasteiger partial charge < -0.3 is 38.5 Å². The normalized spacial score (nSPS) is 12.3. The van der Waals surface area contributed by atoms with Crippen molar-refractivity contribution in [1.82, 2.24) is 19.6 Å². The van der Waals surface area contributed by atoms with Crippen LogP contribution < -0.4 is 18.9 Å². The lowest BCUT2D eigenvalue weighted by molar-refractivity contribution is -0.126. The van der Waals surface area contributed by atoms with Crippen LogP contribution in [-0.4, -0.2) is 122 Å². The Morgan fingerprint density at radius 3 is 0.619 bits per heavy atom. The van der Waals surface area contributed by atoms with Crippen LogP contribution >= 0.6 is 0 Å². The van der Waals surface area contributed by atoms with Crippen LogP contribution in [0.25, 0.3) is 24.3 Å². The summed E-state index contributed by atoms with van der Waals surface area (Å²) in [6, 6.07) is 17.2. The summed E-state index contributed by atoms with van der Waals surface area (Å²) in [6.07, 6.45) is 23.0. The number of benzene rings is 4. The van der Waals surface area contributed by atoms with Gasteiger partial charge in [0.05, 0.1) is 26.4 Å². The highest BCUT2D eigenvalue weighted by molar-refractivity contribution is 5.94. The van der Waals surface area contributed by atoms with Crippen molar-refractivity contribution in [3.63, 3.8) is 0 Å². The predicted octanol–water partition coefficient (Wildman–Crippen LogP) is 14.6. The average Bonchev–Trinajstić information content (AvgIpc) is 2.02. The lowest BCUT2D eigenvalue weighted by atomic mass is 9.88. The number of nitrogens with zero attached hydrogens (tertiary/aromatic N) is 4. The molecule has 12 nitrogen and oxygen atoms in total. The van der Waals surface area contributed by atoms with Gasteiger partial charge in [-0.1, -0.05) is 53.4 Å². The third kappa shape index (κ3) is 19.5. The third-order valence-corrected chi connectivity index (χ3v) is 15.5. The van der Waals surface area contributed by atoms with E-state index in [-0.39, 0.29) is 23.6 Å². The molecule has 0 spiro atoms. The Hall–Kier alpha value is -7.08. The molecule has 0 atom stereocenters. The molecule has 5 rings (SSSR count). The molecular formula is C72H100N4O8. The highest BCUT2D eigenvalue weighted by Gasteiger charge is 2.25. The summed E-state index contributed by atoms with van der Waals surface area (Å²) in [6.45, 7) is 31.2. The third-order valence-electron chi connectivity index (χ3n) is 15.5. The number of ether oxygens (including phenoxy) is 4. The first-order valence-electron chi connectivity index (χ1n) is 31.8. The van der Waals surface area contributed by atoms with Crippen LogP contribution in [0, 0.1) is 0 Å². The Balaban J connectivity index is 2.05. The van der Waals surface area contributed by atoms with Crippen molar-refractivity contribution in [2.24, 2.45) is 0 Å². The second-order valence-corrected chi connectivity index (χ2v) is 21.6.